The molecule has 0 aliphatic rings. The summed E-state index contributed by atoms with van der Waals surface area (Å²) in [7, 11) is 2.09. The maximum absolute atomic E-state index is 6.30. The standard InChI is InChI=1S/C17H13ClN2/c1-19-15-8-4-5-9-16(15)20-11-12(10-17(19)20)13-6-2-3-7-14(13)18/h2-11H,1H3. The zero-order valence-corrected chi connectivity index (χ0v) is 11.8. The summed E-state index contributed by atoms with van der Waals surface area (Å²) in [6.45, 7) is 0. The number of aryl methyl sites for hydroxylation is 1. The van der Waals surface area contributed by atoms with Gasteiger partial charge in [0, 0.05) is 29.4 Å². The van der Waals surface area contributed by atoms with Gasteiger partial charge in [0.25, 0.3) is 0 Å². The summed E-state index contributed by atoms with van der Waals surface area (Å²) in [4.78, 5) is 0. The minimum Gasteiger partial charge on any atom is -0.329 e. The number of para-hydroxylation sites is 2. The number of benzene rings is 2. The third-order valence-corrected chi connectivity index (χ3v) is 4.16. The van der Waals surface area contributed by atoms with E-state index >= 15 is 0 Å². The van der Waals surface area contributed by atoms with Gasteiger partial charge in [-0.1, -0.05) is 41.9 Å². The van der Waals surface area contributed by atoms with Crippen LogP contribution in [0.3, 0.4) is 0 Å². The van der Waals surface area contributed by atoms with Gasteiger partial charge in [-0.25, -0.2) is 0 Å². The summed E-state index contributed by atoms with van der Waals surface area (Å²) in [5.41, 5.74) is 5.83. The van der Waals surface area contributed by atoms with E-state index in [-0.39, 0.29) is 0 Å². The van der Waals surface area contributed by atoms with Gasteiger partial charge in [-0.15, -0.1) is 0 Å². The molecule has 0 saturated heterocycles. The largest absolute Gasteiger partial charge is 0.329 e. The maximum Gasteiger partial charge on any atom is 0.118 e. The number of fused-ring (bicyclic) bond motifs is 3. The fourth-order valence-corrected chi connectivity index (χ4v) is 3.06. The molecule has 0 unspecified atom stereocenters. The van der Waals surface area contributed by atoms with Crippen molar-refractivity contribution in [3.63, 3.8) is 0 Å². The molecule has 4 aromatic rings. The molecule has 0 amide bonds. The van der Waals surface area contributed by atoms with Crippen LogP contribution in [0.25, 0.3) is 27.8 Å². The van der Waals surface area contributed by atoms with Crippen molar-refractivity contribution < 1.29 is 0 Å². The van der Waals surface area contributed by atoms with E-state index < -0.39 is 0 Å². The molecule has 0 atom stereocenters. The van der Waals surface area contributed by atoms with E-state index in [0.29, 0.717) is 0 Å². The highest BCUT2D eigenvalue weighted by Crippen LogP contribution is 2.31. The van der Waals surface area contributed by atoms with Gasteiger partial charge in [0.2, 0.25) is 0 Å². The SMILES string of the molecule is Cn1c2ccccc2n2cc(-c3ccccc3Cl)cc12. The third kappa shape index (κ3) is 1.52. The van der Waals surface area contributed by atoms with Crippen LogP contribution in [0.2, 0.25) is 5.02 Å². The quantitative estimate of drug-likeness (QED) is 0.476. The second-order valence-electron chi connectivity index (χ2n) is 4.98. The van der Waals surface area contributed by atoms with Crippen molar-refractivity contribution in [1.82, 2.24) is 8.97 Å². The molecular weight excluding hydrogens is 268 g/mol. The number of halogens is 1. The highest BCUT2D eigenvalue weighted by molar-refractivity contribution is 6.33. The Morgan fingerprint density at radius 1 is 0.900 bits per heavy atom. The molecule has 2 aromatic carbocycles. The normalized spacial score (nSPS) is 11.5. The summed E-state index contributed by atoms with van der Waals surface area (Å²) in [6, 6.07) is 18.5. The molecule has 3 heteroatoms. The molecule has 0 saturated carbocycles. The van der Waals surface area contributed by atoms with Crippen molar-refractivity contribution in [2.24, 2.45) is 7.05 Å². The molecule has 2 heterocycles. The van der Waals surface area contributed by atoms with Crippen LogP contribution in [0.15, 0.2) is 60.8 Å². The van der Waals surface area contributed by atoms with E-state index in [9.17, 15) is 0 Å². The zero-order chi connectivity index (χ0) is 13.7. The van der Waals surface area contributed by atoms with E-state index in [4.69, 9.17) is 11.6 Å². The number of imidazole rings is 1. The fourth-order valence-electron chi connectivity index (χ4n) is 2.82. The average Bonchev–Trinajstić information content (AvgIpc) is 3.01. The van der Waals surface area contributed by atoms with E-state index in [1.54, 1.807) is 0 Å². The predicted octanol–water partition coefficient (Wildman–Crippen LogP) is 4.75. The Bertz CT molecular complexity index is 931. The van der Waals surface area contributed by atoms with E-state index in [1.807, 2.05) is 18.2 Å². The summed E-state index contributed by atoms with van der Waals surface area (Å²) in [6.07, 6.45) is 2.15. The van der Waals surface area contributed by atoms with Gasteiger partial charge in [-0.2, -0.15) is 0 Å². The lowest BCUT2D eigenvalue weighted by Gasteiger charge is -2.00. The first-order valence-electron chi connectivity index (χ1n) is 6.56. The second kappa shape index (κ2) is 4.15. The Morgan fingerprint density at radius 3 is 2.40 bits per heavy atom. The average molecular weight is 281 g/mol. The van der Waals surface area contributed by atoms with Gasteiger partial charge < -0.3 is 8.97 Å². The number of aromatic nitrogens is 2. The number of hydrogen-bond acceptors (Lipinski definition) is 0. The highest BCUT2D eigenvalue weighted by atomic mass is 35.5. The molecule has 98 valence electrons. The minimum absolute atomic E-state index is 0.785. The molecule has 0 fully saturated rings. The van der Waals surface area contributed by atoms with Crippen LogP contribution in [-0.2, 0) is 7.05 Å². The van der Waals surface area contributed by atoms with Gasteiger partial charge in [0.15, 0.2) is 0 Å². The fraction of sp³-hybridized carbons (Fsp3) is 0.0588. The van der Waals surface area contributed by atoms with E-state index in [2.05, 4.69) is 58.6 Å². The molecular formula is C17H13ClN2. The van der Waals surface area contributed by atoms with Crippen LogP contribution in [0.1, 0.15) is 0 Å². The van der Waals surface area contributed by atoms with Gasteiger partial charge in [-0.05, 0) is 24.3 Å². The van der Waals surface area contributed by atoms with Crippen molar-refractivity contribution >= 4 is 28.3 Å². The van der Waals surface area contributed by atoms with Gasteiger partial charge >= 0.3 is 0 Å². The maximum atomic E-state index is 6.30. The monoisotopic (exact) mass is 280 g/mol. The zero-order valence-electron chi connectivity index (χ0n) is 11.0. The van der Waals surface area contributed by atoms with Crippen LogP contribution in [0, 0.1) is 0 Å². The Balaban J connectivity index is 2.05. The lowest BCUT2D eigenvalue weighted by Crippen LogP contribution is -1.85. The Labute approximate surface area is 121 Å². The van der Waals surface area contributed by atoms with Crippen LogP contribution >= 0.6 is 11.6 Å². The first kappa shape index (κ1) is 11.6. The van der Waals surface area contributed by atoms with Crippen molar-refractivity contribution in [2.45, 2.75) is 0 Å². The molecule has 2 aromatic heterocycles. The van der Waals surface area contributed by atoms with E-state index in [1.165, 1.54) is 16.7 Å². The number of hydrogen-bond donors (Lipinski definition) is 0. The van der Waals surface area contributed by atoms with Gasteiger partial charge in [0.05, 0.1) is 11.0 Å². The summed E-state index contributed by atoms with van der Waals surface area (Å²) >= 11 is 6.30. The van der Waals surface area contributed by atoms with Crippen LogP contribution < -0.4 is 0 Å². The highest BCUT2D eigenvalue weighted by Gasteiger charge is 2.11. The summed E-state index contributed by atoms with van der Waals surface area (Å²) in [5, 5.41) is 0.785. The summed E-state index contributed by atoms with van der Waals surface area (Å²) < 4.78 is 4.42. The van der Waals surface area contributed by atoms with Crippen molar-refractivity contribution in [3.05, 3.63) is 65.8 Å². The Hall–Kier alpha value is -2.19. The van der Waals surface area contributed by atoms with Crippen molar-refractivity contribution in [2.75, 3.05) is 0 Å². The molecule has 4 rings (SSSR count). The van der Waals surface area contributed by atoms with Crippen LogP contribution in [-0.4, -0.2) is 8.97 Å². The predicted molar refractivity (Wildman–Crippen MR) is 84.3 cm³/mol. The molecule has 0 spiro atoms. The molecule has 20 heavy (non-hydrogen) atoms. The Kier molecular flexibility index (Phi) is 2.41. The Morgan fingerprint density at radius 2 is 1.60 bits per heavy atom. The number of nitrogens with zero attached hydrogens (tertiary/aromatic N) is 2. The first-order chi connectivity index (χ1) is 9.75. The summed E-state index contributed by atoms with van der Waals surface area (Å²) in [5.74, 6) is 0. The molecule has 0 aliphatic heterocycles. The van der Waals surface area contributed by atoms with Crippen LogP contribution in [0.5, 0.6) is 0 Å². The number of rotatable bonds is 1. The van der Waals surface area contributed by atoms with E-state index in [0.717, 1.165) is 16.1 Å². The molecule has 0 aliphatic carbocycles. The minimum atomic E-state index is 0.785. The smallest absolute Gasteiger partial charge is 0.118 e. The molecule has 0 N–H and O–H groups in total. The van der Waals surface area contributed by atoms with Crippen molar-refractivity contribution in [3.8, 4) is 11.1 Å². The first-order valence-corrected chi connectivity index (χ1v) is 6.94. The lowest BCUT2D eigenvalue weighted by molar-refractivity contribution is 0.994. The molecule has 0 bridgehead atoms. The van der Waals surface area contributed by atoms with Crippen LogP contribution in [0.4, 0.5) is 0 Å². The molecule has 0 radical (unpaired) electrons. The topological polar surface area (TPSA) is 9.34 Å². The molecule has 2 nitrogen and oxygen atoms in total. The van der Waals surface area contributed by atoms with Crippen molar-refractivity contribution in [1.29, 1.82) is 0 Å². The van der Waals surface area contributed by atoms with Gasteiger partial charge in [0.1, 0.15) is 5.65 Å². The third-order valence-electron chi connectivity index (χ3n) is 3.83. The lowest BCUT2D eigenvalue weighted by atomic mass is 10.1. The van der Waals surface area contributed by atoms with Gasteiger partial charge in [-0.3, -0.25) is 0 Å². The second-order valence-corrected chi connectivity index (χ2v) is 5.39.